The number of nitrogens with one attached hydrogen (secondary N) is 2. The molecule has 0 bridgehead atoms. The number of amides is 2. The van der Waals surface area contributed by atoms with Gasteiger partial charge in [0.2, 0.25) is 0 Å². The Morgan fingerprint density at radius 2 is 1.57 bits per heavy atom. The number of rotatable bonds is 5. The summed E-state index contributed by atoms with van der Waals surface area (Å²) >= 11 is 0. The zero-order valence-electron chi connectivity index (χ0n) is 16.0. The molecule has 3 aromatic carbocycles. The summed E-state index contributed by atoms with van der Waals surface area (Å²) in [7, 11) is 0. The van der Waals surface area contributed by atoms with Crippen molar-refractivity contribution in [1.29, 1.82) is 0 Å². The van der Waals surface area contributed by atoms with Crippen molar-refractivity contribution in [3.05, 3.63) is 102 Å². The summed E-state index contributed by atoms with van der Waals surface area (Å²) in [6.07, 6.45) is 3.12. The van der Waals surface area contributed by atoms with Crippen molar-refractivity contribution in [3.8, 4) is 5.75 Å². The number of nitrogens with zero attached hydrogens (tertiary/aromatic N) is 1. The van der Waals surface area contributed by atoms with E-state index in [0.29, 0.717) is 11.3 Å². The normalized spacial score (nSPS) is 10.5. The molecule has 2 amide bonds. The van der Waals surface area contributed by atoms with Crippen LogP contribution in [0.4, 0.5) is 5.69 Å². The van der Waals surface area contributed by atoms with Gasteiger partial charge in [0.25, 0.3) is 11.8 Å². The third kappa shape index (κ3) is 4.28. The lowest BCUT2D eigenvalue weighted by Gasteiger charge is -2.10. The highest BCUT2D eigenvalue weighted by Crippen LogP contribution is 2.25. The van der Waals surface area contributed by atoms with Crippen molar-refractivity contribution in [3.63, 3.8) is 0 Å². The largest absolute Gasteiger partial charge is 0.507 e. The Balaban J connectivity index is 1.44. The van der Waals surface area contributed by atoms with Gasteiger partial charge in [-0.25, -0.2) is 0 Å². The molecule has 0 aliphatic heterocycles. The van der Waals surface area contributed by atoms with Gasteiger partial charge >= 0.3 is 0 Å². The van der Waals surface area contributed by atoms with Crippen molar-refractivity contribution in [1.82, 2.24) is 10.3 Å². The maximum Gasteiger partial charge on any atom is 0.255 e. The molecule has 0 atom stereocenters. The Hall–Kier alpha value is -4.19. The molecule has 1 heterocycles. The fourth-order valence-electron chi connectivity index (χ4n) is 3.15. The zero-order chi connectivity index (χ0) is 20.9. The predicted octanol–water partition coefficient (Wildman–Crippen LogP) is 4.12. The molecule has 3 N–H and O–H groups in total. The fraction of sp³-hybridized carbons (Fsp3) is 0.0417. The minimum atomic E-state index is -0.371. The molecule has 0 unspecified atom stereocenters. The molecule has 0 saturated carbocycles. The lowest BCUT2D eigenvalue weighted by molar-refractivity contribution is 0.0947. The summed E-state index contributed by atoms with van der Waals surface area (Å²) in [5.41, 5.74) is 2.17. The van der Waals surface area contributed by atoms with Crippen LogP contribution in [0.3, 0.4) is 0 Å². The maximum absolute atomic E-state index is 12.6. The summed E-state index contributed by atoms with van der Waals surface area (Å²) in [5, 5.41) is 17.6. The molecule has 4 rings (SSSR count). The standard InChI is InChI=1S/C24H19N3O3/c28-22-14-19-6-2-1-5-18(19)13-21(22)24(30)26-15-16-4-3-7-20(12-16)27-23(29)17-8-10-25-11-9-17/h1-14,28H,15H2,(H,26,30)(H,27,29). The third-order valence-electron chi connectivity index (χ3n) is 4.69. The quantitative estimate of drug-likeness (QED) is 0.472. The molecular formula is C24H19N3O3. The highest BCUT2D eigenvalue weighted by atomic mass is 16.3. The van der Waals surface area contributed by atoms with Gasteiger partial charge in [0, 0.05) is 30.2 Å². The Morgan fingerprint density at radius 1 is 0.833 bits per heavy atom. The highest BCUT2D eigenvalue weighted by Gasteiger charge is 2.12. The second-order valence-corrected chi connectivity index (χ2v) is 6.79. The lowest BCUT2D eigenvalue weighted by atomic mass is 10.1. The van der Waals surface area contributed by atoms with Crippen molar-refractivity contribution in [2.45, 2.75) is 6.54 Å². The van der Waals surface area contributed by atoms with Crippen LogP contribution in [0, 0.1) is 0 Å². The van der Waals surface area contributed by atoms with E-state index in [-0.39, 0.29) is 29.7 Å². The van der Waals surface area contributed by atoms with Gasteiger partial charge < -0.3 is 15.7 Å². The first-order valence-corrected chi connectivity index (χ1v) is 9.40. The Bertz CT molecular complexity index is 1220. The lowest BCUT2D eigenvalue weighted by Crippen LogP contribution is -2.23. The van der Waals surface area contributed by atoms with Crippen LogP contribution in [0.25, 0.3) is 10.8 Å². The maximum atomic E-state index is 12.6. The number of phenolic OH excluding ortho intramolecular Hbond substituents is 1. The number of hydrogen-bond donors (Lipinski definition) is 3. The first kappa shape index (κ1) is 19.1. The minimum Gasteiger partial charge on any atom is -0.507 e. The Kier molecular flexibility index (Phi) is 5.39. The van der Waals surface area contributed by atoms with E-state index < -0.39 is 0 Å². The van der Waals surface area contributed by atoms with Crippen molar-refractivity contribution >= 4 is 28.3 Å². The molecule has 148 valence electrons. The molecule has 0 aliphatic rings. The van der Waals surface area contributed by atoms with Crippen LogP contribution in [0.1, 0.15) is 26.3 Å². The number of hydrogen-bond acceptors (Lipinski definition) is 4. The summed E-state index contributed by atoms with van der Waals surface area (Å²) < 4.78 is 0. The van der Waals surface area contributed by atoms with E-state index in [2.05, 4.69) is 15.6 Å². The number of anilines is 1. The molecule has 6 heteroatoms. The molecule has 0 spiro atoms. The van der Waals surface area contributed by atoms with Crippen LogP contribution >= 0.6 is 0 Å². The third-order valence-corrected chi connectivity index (χ3v) is 4.69. The van der Waals surface area contributed by atoms with Crippen molar-refractivity contribution in [2.75, 3.05) is 5.32 Å². The van der Waals surface area contributed by atoms with Crippen LogP contribution in [0.5, 0.6) is 5.75 Å². The summed E-state index contributed by atoms with van der Waals surface area (Å²) in [4.78, 5) is 28.8. The van der Waals surface area contributed by atoms with Crippen LogP contribution in [-0.2, 0) is 6.54 Å². The summed E-state index contributed by atoms with van der Waals surface area (Å²) in [5.74, 6) is -0.672. The number of aromatic nitrogens is 1. The molecule has 1 aromatic heterocycles. The average Bonchev–Trinajstić information content (AvgIpc) is 2.78. The van der Waals surface area contributed by atoms with Gasteiger partial charge in [0.15, 0.2) is 0 Å². The van der Waals surface area contributed by atoms with Gasteiger partial charge in [0.05, 0.1) is 5.56 Å². The number of benzene rings is 3. The second-order valence-electron chi connectivity index (χ2n) is 6.79. The second kappa shape index (κ2) is 8.45. The molecule has 6 nitrogen and oxygen atoms in total. The Morgan fingerprint density at radius 3 is 2.33 bits per heavy atom. The zero-order valence-corrected chi connectivity index (χ0v) is 16.0. The molecule has 0 fully saturated rings. The Labute approximate surface area is 173 Å². The van der Waals surface area contributed by atoms with Crippen LogP contribution in [-0.4, -0.2) is 21.9 Å². The van der Waals surface area contributed by atoms with Gasteiger partial charge in [-0.05, 0) is 52.7 Å². The van der Waals surface area contributed by atoms with Crippen LogP contribution in [0.2, 0.25) is 0 Å². The van der Waals surface area contributed by atoms with Crippen LogP contribution in [0.15, 0.2) is 85.2 Å². The van der Waals surface area contributed by atoms with E-state index in [1.54, 1.807) is 54.9 Å². The molecule has 0 saturated heterocycles. The van der Waals surface area contributed by atoms with Gasteiger partial charge in [0.1, 0.15) is 5.75 Å². The van der Waals surface area contributed by atoms with Gasteiger partial charge in [-0.2, -0.15) is 0 Å². The van der Waals surface area contributed by atoms with E-state index in [9.17, 15) is 14.7 Å². The number of pyridine rings is 1. The number of carbonyl (C=O) groups excluding carboxylic acids is 2. The monoisotopic (exact) mass is 397 g/mol. The molecular weight excluding hydrogens is 378 g/mol. The SMILES string of the molecule is O=C(Nc1cccc(CNC(=O)c2cc3ccccc3cc2O)c1)c1ccncc1. The smallest absolute Gasteiger partial charge is 0.255 e. The van der Waals surface area contributed by atoms with E-state index in [4.69, 9.17) is 0 Å². The first-order valence-electron chi connectivity index (χ1n) is 9.40. The van der Waals surface area contributed by atoms with E-state index in [1.807, 2.05) is 30.3 Å². The molecule has 0 radical (unpaired) electrons. The summed E-state index contributed by atoms with van der Waals surface area (Å²) in [6, 6.07) is 21.3. The van der Waals surface area contributed by atoms with E-state index in [1.165, 1.54) is 0 Å². The predicted molar refractivity (Wildman–Crippen MR) is 115 cm³/mol. The molecule has 0 aliphatic carbocycles. The van der Waals surface area contributed by atoms with Crippen molar-refractivity contribution < 1.29 is 14.7 Å². The molecule has 4 aromatic rings. The molecule has 30 heavy (non-hydrogen) atoms. The van der Waals surface area contributed by atoms with Gasteiger partial charge in [-0.1, -0.05) is 36.4 Å². The average molecular weight is 397 g/mol. The summed E-state index contributed by atoms with van der Waals surface area (Å²) in [6.45, 7) is 0.254. The first-order chi connectivity index (χ1) is 14.6. The van der Waals surface area contributed by atoms with E-state index in [0.717, 1.165) is 16.3 Å². The number of aromatic hydroxyl groups is 1. The van der Waals surface area contributed by atoms with Gasteiger partial charge in [-0.15, -0.1) is 0 Å². The van der Waals surface area contributed by atoms with Crippen LogP contribution < -0.4 is 10.6 Å². The number of carbonyl (C=O) groups is 2. The topological polar surface area (TPSA) is 91.3 Å². The fourth-order valence-corrected chi connectivity index (χ4v) is 3.15. The van der Waals surface area contributed by atoms with E-state index >= 15 is 0 Å². The van der Waals surface area contributed by atoms with Gasteiger partial charge in [-0.3, -0.25) is 14.6 Å². The minimum absolute atomic E-state index is 0.0652. The highest BCUT2D eigenvalue weighted by molar-refractivity contribution is 6.04. The number of fused-ring (bicyclic) bond motifs is 1. The number of phenols is 1. The van der Waals surface area contributed by atoms with Crippen molar-refractivity contribution in [2.24, 2.45) is 0 Å².